The molecule has 0 heterocycles. The fraction of sp³-hybridized carbons (Fsp3) is 0.804. The van der Waals surface area contributed by atoms with Crippen LogP contribution in [0.25, 0.3) is 0 Å². The molecule has 6 unspecified atom stereocenters. The molecule has 1 aliphatic rings. The smallest absolute Gasteiger partial charge is 0.462 e. The van der Waals surface area contributed by atoms with Crippen LogP contribution < -0.4 is 0 Å². The Labute approximate surface area is 392 Å². The van der Waals surface area contributed by atoms with Crippen LogP contribution in [0.5, 0.6) is 0 Å². The van der Waals surface area contributed by atoms with Crippen molar-refractivity contribution in [1.29, 1.82) is 0 Å². The van der Waals surface area contributed by atoms with Crippen molar-refractivity contribution in [3.63, 3.8) is 0 Å². The molecule has 378 valence electrons. The lowest BCUT2D eigenvalue weighted by atomic mass is 9.85. The molecule has 0 aromatic rings. The number of allylic oxidation sites excluding steroid dienone is 8. The molecule has 6 atom stereocenters. The van der Waals surface area contributed by atoms with Gasteiger partial charge in [-0.05, 0) is 51.4 Å². The van der Waals surface area contributed by atoms with Crippen LogP contribution in [0.4, 0.5) is 0 Å². The third-order valence-electron chi connectivity index (χ3n) is 11.7. The maximum Gasteiger partial charge on any atom is 0.472 e. The third-order valence-corrected chi connectivity index (χ3v) is 12.7. The number of aliphatic hydroxyl groups is 5. The van der Waals surface area contributed by atoms with E-state index >= 15 is 0 Å². The van der Waals surface area contributed by atoms with Crippen LogP contribution in [0, 0.1) is 0 Å². The van der Waals surface area contributed by atoms with E-state index < -0.39 is 75.7 Å². The second kappa shape index (κ2) is 40.8. The minimum absolute atomic E-state index is 0.0691. The molecule has 13 nitrogen and oxygen atoms in total. The lowest BCUT2D eigenvalue weighted by Gasteiger charge is -2.41. The predicted molar refractivity (Wildman–Crippen MR) is 258 cm³/mol. The van der Waals surface area contributed by atoms with E-state index in [0.717, 1.165) is 70.6 Å². The number of phosphoric ester groups is 1. The van der Waals surface area contributed by atoms with Crippen molar-refractivity contribution in [1.82, 2.24) is 0 Å². The molecule has 0 aromatic carbocycles. The van der Waals surface area contributed by atoms with Gasteiger partial charge in [-0.25, -0.2) is 4.57 Å². The predicted octanol–water partition coefficient (Wildman–Crippen LogP) is 10.7. The average molecular weight is 943 g/mol. The zero-order valence-electron chi connectivity index (χ0n) is 40.3. The van der Waals surface area contributed by atoms with Crippen LogP contribution in [0.3, 0.4) is 0 Å². The number of phosphoric acid groups is 1. The molecule has 0 bridgehead atoms. The van der Waals surface area contributed by atoms with Gasteiger partial charge in [0.15, 0.2) is 6.10 Å². The van der Waals surface area contributed by atoms with Crippen LogP contribution >= 0.6 is 7.82 Å². The summed E-state index contributed by atoms with van der Waals surface area (Å²) >= 11 is 0. The average Bonchev–Trinajstić information content (AvgIpc) is 3.29. The number of aliphatic hydroxyl groups excluding tert-OH is 5. The molecule has 0 amide bonds. The van der Waals surface area contributed by atoms with Gasteiger partial charge in [0.25, 0.3) is 0 Å². The summed E-state index contributed by atoms with van der Waals surface area (Å²) in [6, 6.07) is 0. The van der Waals surface area contributed by atoms with E-state index in [4.69, 9.17) is 18.5 Å². The Morgan fingerprint density at radius 1 is 0.492 bits per heavy atom. The van der Waals surface area contributed by atoms with Crippen LogP contribution in [-0.2, 0) is 32.7 Å². The monoisotopic (exact) mass is 943 g/mol. The van der Waals surface area contributed by atoms with Gasteiger partial charge in [0.05, 0.1) is 6.61 Å². The van der Waals surface area contributed by atoms with Crippen molar-refractivity contribution < 1.29 is 63.1 Å². The zero-order chi connectivity index (χ0) is 47.8. The van der Waals surface area contributed by atoms with Crippen LogP contribution in [0.15, 0.2) is 48.6 Å². The van der Waals surface area contributed by atoms with Crippen molar-refractivity contribution in [2.24, 2.45) is 0 Å². The first-order valence-electron chi connectivity index (χ1n) is 25.4. The van der Waals surface area contributed by atoms with E-state index in [9.17, 15) is 44.6 Å². The Hall–Kier alpha value is -2.19. The second-order valence-corrected chi connectivity index (χ2v) is 19.1. The van der Waals surface area contributed by atoms with Crippen molar-refractivity contribution in [3.8, 4) is 0 Å². The summed E-state index contributed by atoms with van der Waals surface area (Å²) in [5, 5.41) is 50.2. The summed E-state index contributed by atoms with van der Waals surface area (Å²) < 4.78 is 33.6. The van der Waals surface area contributed by atoms with E-state index in [1.165, 1.54) is 96.3 Å². The molecule has 1 fully saturated rings. The van der Waals surface area contributed by atoms with E-state index in [2.05, 4.69) is 62.5 Å². The molecule has 1 rings (SSSR count). The Kier molecular flexibility index (Phi) is 38.2. The molecule has 0 radical (unpaired) electrons. The van der Waals surface area contributed by atoms with Crippen LogP contribution in [0.2, 0.25) is 0 Å². The normalized spacial score (nSPS) is 21.8. The van der Waals surface area contributed by atoms with Crippen LogP contribution in [-0.4, -0.2) is 98.3 Å². The van der Waals surface area contributed by atoms with Gasteiger partial charge in [0.1, 0.15) is 43.2 Å². The molecule has 1 saturated carbocycles. The van der Waals surface area contributed by atoms with Crippen molar-refractivity contribution >= 4 is 19.8 Å². The van der Waals surface area contributed by atoms with Gasteiger partial charge in [-0.1, -0.05) is 191 Å². The lowest BCUT2D eigenvalue weighted by molar-refractivity contribution is -0.220. The number of hydrogen-bond donors (Lipinski definition) is 6. The first-order valence-corrected chi connectivity index (χ1v) is 26.9. The van der Waals surface area contributed by atoms with Crippen molar-refractivity contribution in [2.45, 2.75) is 249 Å². The topological polar surface area (TPSA) is 210 Å². The molecule has 0 aliphatic heterocycles. The molecule has 14 heteroatoms. The quantitative estimate of drug-likeness (QED) is 0.0146. The summed E-state index contributed by atoms with van der Waals surface area (Å²) in [4.78, 5) is 35.8. The highest BCUT2D eigenvalue weighted by molar-refractivity contribution is 7.47. The van der Waals surface area contributed by atoms with Crippen molar-refractivity contribution in [2.75, 3.05) is 13.2 Å². The highest BCUT2D eigenvalue weighted by Gasteiger charge is 2.51. The Morgan fingerprint density at radius 2 is 0.877 bits per heavy atom. The highest BCUT2D eigenvalue weighted by Crippen LogP contribution is 2.47. The number of carbonyl (C=O) groups excluding carboxylic acids is 2. The molecule has 6 N–H and O–H groups in total. The third kappa shape index (κ3) is 33.0. The first-order chi connectivity index (χ1) is 31.4. The van der Waals surface area contributed by atoms with E-state index in [1.807, 2.05) is 0 Å². The first kappa shape index (κ1) is 60.8. The minimum Gasteiger partial charge on any atom is -0.462 e. The number of unbranched alkanes of at least 4 members (excludes halogenated alkanes) is 22. The van der Waals surface area contributed by atoms with Gasteiger partial charge in [-0.15, -0.1) is 0 Å². The molecule has 1 aliphatic carbocycles. The van der Waals surface area contributed by atoms with Gasteiger partial charge in [-0.2, -0.15) is 0 Å². The molecule has 0 spiro atoms. The minimum atomic E-state index is -5.13. The van der Waals surface area contributed by atoms with Crippen molar-refractivity contribution in [3.05, 3.63) is 48.6 Å². The summed E-state index contributed by atoms with van der Waals surface area (Å²) in [6.07, 6.45) is 35.9. The summed E-state index contributed by atoms with van der Waals surface area (Å²) in [5.41, 5.74) is 0. The van der Waals surface area contributed by atoms with Crippen LogP contribution in [0.1, 0.15) is 206 Å². The van der Waals surface area contributed by atoms with Gasteiger partial charge < -0.3 is 39.9 Å². The van der Waals surface area contributed by atoms with Gasteiger partial charge in [0.2, 0.25) is 0 Å². The van der Waals surface area contributed by atoms with E-state index in [0.29, 0.717) is 12.8 Å². The summed E-state index contributed by atoms with van der Waals surface area (Å²) in [7, 11) is -5.13. The maximum atomic E-state index is 12.8. The SMILES string of the molecule is CC/C=C\C/C=C\C/C=C\C/C=C\CCCCCCC(=O)OC(COC(=O)CCCCCCCCCCCCCCCCCCCCC)COP(=O)(O)OC1C(O)C(O)C(O)C(O)C1O. The Morgan fingerprint density at radius 3 is 1.34 bits per heavy atom. The highest BCUT2D eigenvalue weighted by atomic mass is 31.2. The second-order valence-electron chi connectivity index (χ2n) is 17.7. The number of esters is 2. The maximum absolute atomic E-state index is 12.8. The molecule has 0 aromatic heterocycles. The summed E-state index contributed by atoms with van der Waals surface area (Å²) in [6.45, 7) is 3.19. The summed E-state index contributed by atoms with van der Waals surface area (Å²) in [5.74, 6) is -1.12. The van der Waals surface area contributed by atoms with Gasteiger partial charge in [0, 0.05) is 12.8 Å². The largest absolute Gasteiger partial charge is 0.472 e. The Bertz CT molecular complexity index is 1320. The number of hydrogen-bond acceptors (Lipinski definition) is 12. The standard InChI is InChI=1S/C51H91O13P/c1-3-5-7-9-11-13-15-17-19-21-22-24-25-27-29-31-33-35-37-39-44(52)61-41-43(42-62-65(59,60)64-51-49(57)47(55)46(54)48(56)50(51)58)63-45(53)40-38-36-34-32-30-28-26-23-20-18-16-14-12-10-8-6-4-2/h6,8,12,14,18,20,26,28,43,46-51,54-58H,3-5,7,9-11,13,15-17,19,21-25,27,29-42H2,1-2H3,(H,59,60)/b8-6-,14-12-,20-18-,28-26-. The fourth-order valence-corrected chi connectivity index (χ4v) is 8.61. The van der Waals surface area contributed by atoms with Gasteiger partial charge >= 0.3 is 19.8 Å². The Balaban J connectivity index is 2.41. The fourth-order valence-electron chi connectivity index (χ4n) is 7.63. The van der Waals surface area contributed by atoms with Gasteiger partial charge in [-0.3, -0.25) is 18.6 Å². The number of carbonyl (C=O) groups is 2. The molecular formula is C51H91O13P. The molecular weight excluding hydrogens is 852 g/mol. The van der Waals surface area contributed by atoms with E-state index in [-0.39, 0.29) is 12.8 Å². The molecule has 65 heavy (non-hydrogen) atoms. The number of ether oxygens (including phenoxy) is 2. The number of rotatable bonds is 42. The lowest BCUT2D eigenvalue weighted by Crippen LogP contribution is -2.64. The molecule has 0 saturated heterocycles. The van der Waals surface area contributed by atoms with E-state index in [1.54, 1.807) is 0 Å². The zero-order valence-corrected chi connectivity index (χ0v) is 41.2.